The van der Waals surface area contributed by atoms with Crippen molar-refractivity contribution in [2.75, 3.05) is 33.9 Å². The van der Waals surface area contributed by atoms with Gasteiger partial charge in [0.05, 0.1) is 25.5 Å². The fourth-order valence-electron chi connectivity index (χ4n) is 3.94. The largest absolute Gasteiger partial charge is 0.497 e. The maximum Gasteiger partial charge on any atom is 0.262 e. The molecule has 1 aliphatic heterocycles. The SMILES string of the molecule is COCCN(CC(=O)N1N=C(c2ccc(F)cc2)C[C@@H]1c1ccc(OC)cc1)C(=O)CC(C)(C)C. The van der Waals surface area contributed by atoms with Crippen LogP contribution in [-0.2, 0) is 14.3 Å². The van der Waals surface area contributed by atoms with Crippen LogP contribution in [-0.4, -0.2) is 61.4 Å². The Kier molecular flexibility index (Phi) is 8.62. The molecule has 2 amide bonds. The van der Waals surface area contributed by atoms with Crippen molar-refractivity contribution in [1.29, 1.82) is 0 Å². The van der Waals surface area contributed by atoms with E-state index in [0.29, 0.717) is 37.5 Å². The minimum Gasteiger partial charge on any atom is -0.497 e. The average molecular weight is 484 g/mol. The fourth-order valence-corrected chi connectivity index (χ4v) is 3.94. The van der Waals surface area contributed by atoms with Crippen molar-refractivity contribution in [1.82, 2.24) is 9.91 Å². The van der Waals surface area contributed by atoms with E-state index in [9.17, 15) is 14.0 Å². The third-order valence-electron chi connectivity index (χ3n) is 5.77. The first kappa shape index (κ1) is 26.3. The summed E-state index contributed by atoms with van der Waals surface area (Å²) in [6, 6.07) is 13.2. The Balaban J connectivity index is 1.88. The van der Waals surface area contributed by atoms with Crippen LogP contribution in [0, 0.1) is 11.2 Å². The first-order valence-corrected chi connectivity index (χ1v) is 11.7. The van der Waals surface area contributed by atoms with E-state index in [1.165, 1.54) is 22.0 Å². The van der Waals surface area contributed by atoms with E-state index in [-0.39, 0.29) is 35.6 Å². The molecule has 188 valence electrons. The molecule has 0 fully saturated rings. The van der Waals surface area contributed by atoms with Crippen molar-refractivity contribution >= 4 is 17.5 Å². The van der Waals surface area contributed by atoms with Crippen molar-refractivity contribution in [3.8, 4) is 5.75 Å². The Morgan fingerprint density at radius 3 is 2.31 bits per heavy atom. The van der Waals surface area contributed by atoms with Crippen LogP contribution in [0.3, 0.4) is 0 Å². The van der Waals surface area contributed by atoms with Crippen molar-refractivity contribution in [3.05, 3.63) is 65.5 Å². The lowest BCUT2D eigenvalue weighted by molar-refractivity contribution is -0.143. The minimum absolute atomic E-state index is 0.106. The number of carbonyl (C=O) groups excluding carboxylic acids is 2. The van der Waals surface area contributed by atoms with Crippen LogP contribution in [0.2, 0.25) is 0 Å². The van der Waals surface area contributed by atoms with Crippen LogP contribution < -0.4 is 4.74 Å². The van der Waals surface area contributed by atoms with E-state index in [4.69, 9.17) is 9.47 Å². The second kappa shape index (κ2) is 11.4. The maximum absolute atomic E-state index is 13.5. The van der Waals surface area contributed by atoms with Crippen LogP contribution in [0.1, 0.15) is 50.8 Å². The zero-order valence-electron chi connectivity index (χ0n) is 21.1. The van der Waals surface area contributed by atoms with Crippen LogP contribution >= 0.6 is 0 Å². The van der Waals surface area contributed by atoms with Crippen LogP contribution in [0.5, 0.6) is 5.75 Å². The molecular formula is C27H34FN3O4. The van der Waals surface area contributed by atoms with Crippen LogP contribution in [0.4, 0.5) is 4.39 Å². The molecule has 0 spiro atoms. The molecule has 1 atom stereocenters. The number of hydrogen-bond donors (Lipinski definition) is 0. The molecule has 2 aromatic rings. The molecule has 8 heteroatoms. The van der Waals surface area contributed by atoms with Gasteiger partial charge in [0.15, 0.2) is 0 Å². The molecule has 7 nitrogen and oxygen atoms in total. The van der Waals surface area contributed by atoms with E-state index in [1.807, 2.05) is 45.0 Å². The standard InChI is InChI=1S/C27H34FN3O4/c1-27(2,3)17-25(32)30(14-15-34-4)18-26(33)31-24(20-8-12-22(35-5)13-9-20)16-23(29-31)19-6-10-21(28)11-7-19/h6-13,24H,14-18H2,1-5H3/t24-/m1/s1. The first-order valence-electron chi connectivity index (χ1n) is 11.7. The summed E-state index contributed by atoms with van der Waals surface area (Å²) in [6.45, 7) is 6.50. The molecule has 0 bridgehead atoms. The van der Waals surface area contributed by atoms with Gasteiger partial charge < -0.3 is 14.4 Å². The zero-order valence-corrected chi connectivity index (χ0v) is 21.1. The Morgan fingerprint density at radius 2 is 1.74 bits per heavy atom. The smallest absolute Gasteiger partial charge is 0.262 e. The summed E-state index contributed by atoms with van der Waals surface area (Å²) < 4.78 is 23.9. The van der Waals surface area contributed by atoms with E-state index in [1.54, 1.807) is 26.4 Å². The number of hydrazone groups is 1. The molecule has 35 heavy (non-hydrogen) atoms. The lowest BCUT2D eigenvalue weighted by Crippen LogP contribution is -2.43. The maximum atomic E-state index is 13.5. The third kappa shape index (κ3) is 7.11. The van der Waals surface area contributed by atoms with Crippen molar-refractivity contribution in [2.45, 2.75) is 39.7 Å². The molecule has 2 aromatic carbocycles. The highest BCUT2D eigenvalue weighted by atomic mass is 19.1. The van der Waals surface area contributed by atoms with Crippen molar-refractivity contribution in [3.63, 3.8) is 0 Å². The first-order chi connectivity index (χ1) is 16.6. The van der Waals surface area contributed by atoms with Gasteiger partial charge in [-0.1, -0.05) is 45.0 Å². The zero-order chi connectivity index (χ0) is 25.6. The predicted molar refractivity (Wildman–Crippen MR) is 133 cm³/mol. The minimum atomic E-state index is -0.351. The van der Waals surface area contributed by atoms with Crippen molar-refractivity contribution in [2.24, 2.45) is 10.5 Å². The Hall–Kier alpha value is -3.26. The number of hydrogen-bond acceptors (Lipinski definition) is 5. The van der Waals surface area contributed by atoms with Crippen LogP contribution in [0.25, 0.3) is 0 Å². The van der Waals surface area contributed by atoms with E-state index >= 15 is 0 Å². The summed E-state index contributed by atoms with van der Waals surface area (Å²) >= 11 is 0. The van der Waals surface area contributed by atoms with Gasteiger partial charge in [-0.15, -0.1) is 0 Å². The quantitative estimate of drug-likeness (QED) is 0.529. The normalized spacial score (nSPS) is 15.7. The Labute approximate surface area is 206 Å². The summed E-state index contributed by atoms with van der Waals surface area (Å²) in [5.74, 6) is -0.0203. The summed E-state index contributed by atoms with van der Waals surface area (Å²) in [5.41, 5.74) is 2.12. The van der Waals surface area contributed by atoms with E-state index < -0.39 is 0 Å². The molecule has 1 heterocycles. The lowest BCUT2D eigenvalue weighted by atomic mass is 9.91. The summed E-state index contributed by atoms with van der Waals surface area (Å²) in [7, 11) is 3.16. The molecule has 3 rings (SSSR count). The highest BCUT2D eigenvalue weighted by molar-refractivity contribution is 6.03. The number of carbonyl (C=O) groups is 2. The monoisotopic (exact) mass is 483 g/mol. The number of amides is 2. The molecule has 0 unspecified atom stereocenters. The predicted octanol–water partition coefficient (Wildman–Crippen LogP) is 4.42. The van der Waals surface area contributed by atoms with Gasteiger partial charge >= 0.3 is 0 Å². The number of ether oxygens (including phenoxy) is 2. The van der Waals surface area contributed by atoms with Gasteiger partial charge in [0.1, 0.15) is 18.1 Å². The number of halogens is 1. The second-order valence-electron chi connectivity index (χ2n) is 9.83. The number of benzene rings is 2. The average Bonchev–Trinajstić information content (AvgIpc) is 3.26. The number of rotatable bonds is 9. The number of nitrogens with zero attached hydrogens (tertiary/aromatic N) is 3. The van der Waals surface area contributed by atoms with Gasteiger partial charge in [-0.05, 0) is 40.8 Å². The molecule has 1 aliphatic rings. The molecule has 0 saturated carbocycles. The summed E-state index contributed by atoms with van der Waals surface area (Å²) in [6.07, 6.45) is 0.785. The Bertz CT molecular complexity index is 1050. The van der Waals surface area contributed by atoms with E-state index in [2.05, 4.69) is 5.10 Å². The van der Waals surface area contributed by atoms with Gasteiger partial charge in [0.2, 0.25) is 5.91 Å². The van der Waals surface area contributed by atoms with E-state index in [0.717, 1.165) is 11.1 Å². The van der Waals surface area contributed by atoms with Gasteiger partial charge in [0.25, 0.3) is 5.91 Å². The van der Waals surface area contributed by atoms with Gasteiger partial charge in [-0.25, -0.2) is 9.40 Å². The Morgan fingerprint density at radius 1 is 1.09 bits per heavy atom. The third-order valence-corrected chi connectivity index (χ3v) is 5.77. The van der Waals surface area contributed by atoms with Crippen molar-refractivity contribution < 1.29 is 23.5 Å². The molecule has 0 aromatic heterocycles. The lowest BCUT2D eigenvalue weighted by Gasteiger charge is -2.29. The summed E-state index contributed by atoms with van der Waals surface area (Å²) in [4.78, 5) is 28.0. The molecular weight excluding hydrogens is 449 g/mol. The molecule has 0 N–H and O–H groups in total. The highest BCUT2D eigenvalue weighted by Crippen LogP contribution is 2.34. The molecule has 0 radical (unpaired) electrons. The highest BCUT2D eigenvalue weighted by Gasteiger charge is 2.34. The summed E-state index contributed by atoms with van der Waals surface area (Å²) in [5, 5.41) is 6.08. The number of methoxy groups -OCH3 is 2. The molecule has 0 saturated heterocycles. The fraction of sp³-hybridized carbons (Fsp3) is 0.444. The second-order valence-corrected chi connectivity index (χ2v) is 9.83. The topological polar surface area (TPSA) is 71.4 Å². The van der Waals surface area contributed by atoms with Gasteiger partial charge in [-0.3, -0.25) is 9.59 Å². The van der Waals surface area contributed by atoms with Gasteiger partial charge in [-0.2, -0.15) is 5.10 Å². The van der Waals surface area contributed by atoms with Gasteiger partial charge in [0, 0.05) is 26.5 Å². The molecule has 0 aliphatic carbocycles. The van der Waals surface area contributed by atoms with Crippen LogP contribution in [0.15, 0.2) is 53.6 Å².